The predicted octanol–water partition coefficient (Wildman–Crippen LogP) is 1.12. The first-order valence-corrected chi connectivity index (χ1v) is 7.19. The molecule has 1 aliphatic heterocycles. The average molecular weight is 296 g/mol. The van der Waals surface area contributed by atoms with E-state index in [1.54, 1.807) is 12.1 Å². The molecule has 6 nitrogen and oxygen atoms in total. The molecule has 0 aliphatic carbocycles. The van der Waals surface area contributed by atoms with Crippen molar-refractivity contribution in [3.63, 3.8) is 0 Å². The fourth-order valence-electron chi connectivity index (χ4n) is 2.94. The minimum absolute atomic E-state index is 0.00510. The SMILES string of the molecule is COC(=O)c1ccc(C(C)N2CC(O)CC2CN(C)C)o1. The van der Waals surface area contributed by atoms with Gasteiger partial charge in [0.05, 0.1) is 19.3 Å². The molecule has 0 bridgehead atoms. The predicted molar refractivity (Wildman–Crippen MR) is 78.1 cm³/mol. The minimum atomic E-state index is -0.472. The Hall–Kier alpha value is -1.37. The molecular formula is C15H24N2O4. The third kappa shape index (κ3) is 3.64. The third-order valence-corrected chi connectivity index (χ3v) is 3.93. The van der Waals surface area contributed by atoms with Crippen LogP contribution in [-0.4, -0.2) is 67.3 Å². The Bertz CT molecular complexity index is 486. The number of β-amino-alcohol motifs (C(OH)–C–C–N with tert-alkyl or cyclic N) is 1. The quantitative estimate of drug-likeness (QED) is 0.822. The lowest BCUT2D eigenvalue weighted by Gasteiger charge is -2.30. The highest BCUT2D eigenvalue weighted by Gasteiger charge is 2.35. The second-order valence-corrected chi connectivity index (χ2v) is 5.87. The maximum Gasteiger partial charge on any atom is 0.373 e. The van der Waals surface area contributed by atoms with Crippen LogP contribution in [0.25, 0.3) is 0 Å². The van der Waals surface area contributed by atoms with E-state index in [2.05, 4.69) is 14.5 Å². The van der Waals surface area contributed by atoms with E-state index >= 15 is 0 Å². The zero-order chi connectivity index (χ0) is 15.6. The smallest absolute Gasteiger partial charge is 0.373 e. The van der Waals surface area contributed by atoms with E-state index in [1.165, 1.54) is 7.11 Å². The lowest BCUT2D eigenvalue weighted by molar-refractivity contribution is 0.0556. The zero-order valence-electron chi connectivity index (χ0n) is 13.1. The van der Waals surface area contributed by atoms with Gasteiger partial charge in [0.2, 0.25) is 5.76 Å². The van der Waals surface area contributed by atoms with Crippen LogP contribution in [0.3, 0.4) is 0 Å². The van der Waals surface area contributed by atoms with E-state index in [9.17, 15) is 9.90 Å². The van der Waals surface area contributed by atoms with E-state index in [0.717, 1.165) is 13.0 Å². The molecule has 0 aromatic carbocycles. The van der Waals surface area contributed by atoms with Crippen molar-refractivity contribution in [3.05, 3.63) is 23.7 Å². The van der Waals surface area contributed by atoms with Gasteiger partial charge in [0.1, 0.15) is 5.76 Å². The summed E-state index contributed by atoms with van der Waals surface area (Å²) in [7, 11) is 5.38. The highest BCUT2D eigenvalue weighted by Crippen LogP contribution is 2.30. The van der Waals surface area contributed by atoms with Crippen LogP contribution in [-0.2, 0) is 4.74 Å². The number of furan rings is 1. The fraction of sp³-hybridized carbons (Fsp3) is 0.667. The Balaban J connectivity index is 2.12. The molecule has 1 aromatic rings. The van der Waals surface area contributed by atoms with Crippen LogP contribution >= 0.6 is 0 Å². The molecule has 21 heavy (non-hydrogen) atoms. The summed E-state index contributed by atoms with van der Waals surface area (Å²) in [4.78, 5) is 15.8. The molecule has 0 saturated carbocycles. The first-order chi connectivity index (χ1) is 9.92. The third-order valence-electron chi connectivity index (χ3n) is 3.93. The van der Waals surface area contributed by atoms with E-state index in [1.807, 2.05) is 21.0 Å². The van der Waals surface area contributed by atoms with Crippen molar-refractivity contribution in [1.82, 2.24) is 9.80 Å². The number of carbonyl (C=O) groups excluding carboxylic acids is 1. The first kappa shape index (κ1) is 16.0. The number of methoxy groups -OCH3 is 1. The lowest BCUT2D eigenvalue weighted by atomic mass is 10.1. The molecule has 3 atom stereocenters. The van der Waals surface area contributed by atoms with Crippen LogP contribution in [0.1, 0.15) is 35.7 Å². The van der Waals surface area contributed by atoms with Crippen molar-refractivity contribution >= 4 is 5.97 Å². The summed E-state index contributed by atoms with van der Waals surface area (Å²) in [5.41, 5.74) is 0. The number of nitrogens with zero attached hydrogens (tertiary/aromatic N) is 2. The molecule has 0 spiro atoms. The van der Waals surface area contributed by atoms with Crippen LogP contribution in [0.5, 0.6) is 0 Å². The second kappa shape index (κ2) is 6.60. The Kier molecular flexibility index (Phi) is 5.03. The van der Waals surface area contributed by atoms with Gasteiger partial charge in [-0.15, -0.1) is 0 Å². The number of likely N-dealkylation sites (N-methyl/N-ethyl adjacent to an activating group) is 1. The van der Waals surface area contributed by atoms with Crippen molar-refractivity contribution in [2.45, 2.75) is 31.5 Å². The summed E-state index contributed by atoms with van der Waals surface area (Å²) in [6, 6.07) is 3.71. The van der Waals surface area contributed by atoms with Gasteiger partial charge in [-0.2, -0.15) is 0 Å². The number of ether oxygens (including phenoxy) is 1. The molecular weight excluding hydrogens is 272 g/mol. The Morgan fingerprint density at radius 3 is 2.90 bits per heavy atom. The first-order valence-electron chi connectivity index (χ1n) is 7.19. The topological polar surface area (TPSA) is 66.2 Å². The highest BCUT2D eigenvalue weighted by atomic mass is 16.5. The number of carbonyl (C=O) groups is 1. The molecule has 1 aromatic heterocycles. The van der Waals surface area contributed by atoms with E-state index < -0.39 is 5.97 Å². The number of hydrogen-bond donors (Lipinski definition) is 1. The number of aliphatic hydroxyl groups excluding tert-OH is 1. The summed E-state index contributed by atoms with van der Waals surface area (Å²) in [6.07, 6.45) is 0.444. The fourth-order valence-corrected chi connectivity index (χ4v) is 2.94. The van der Waals surface area contributed by atoms with Gasteiger partial charge < -0.3 is 19.2 Å². The molecule has 1 aliphatic rings. The number of esters is 1. The summed E-state index contributed by atoms with van der Waals surface area (Å²) in [5.74, 6) is 0.455. The van der Waals surface area contributed by atoms with Gasteiger partial charge >= 0.3 is 5.97 Å². The molecule has 0 amide bonds. The average Bonchev–Trinajstić information content (AvgIpc) is 3.03. The van der Waals surface area contributed by atoms with E-state index in [4.69, 9.17) is 4.42 Å². The number of aliphatic hydroxyl groups is 1. The van der Waals surface area contributed by atoms with Gasteiger partial charge in [0.15, 0.2) is 0 Å². The molecule has 118 valence electrons. The molecule has 2 heterocycles. The number of hydrogen-bond acceptors (Lipinski definition) is 6. The monoisotopic (exact) mass is 296 g/mol. The molecule has 6 heteroatoms. The minimum Gasteiger partial charge on any atom is -0.463 e. The maximum absolute atomic E-state index is 11.5. The van der Waals surface area contributed by atoms with Gasteiger partial charge in [0.25, 0.3) is 0 Å². The second-order valence-electron chi connectivity index (χ2n) is 5.87. The summed E-state index contributed by atoms with van der Waals surface area (Å²) in [5, 5.41) is 9.95. The molecule has 1 fully saturated rings. The van der Waals surface area contributed by atoms with Gasteiger partial charge in [-0.3, -0.25) is 4.90 Å². The Morgan fingerprint density at radius 2 is 2.29 bits per heavy atom. The molecule has 0 radical (unpaired) electrons. The van der Waals surface area contributed by atoms with Crippen molar-refractivity contribution in [2.75, 3.05) is 34.3 Å². The maximum atomic E-state index is 11.5. The van der Waals surface area contributed by atoms with E-state index in [-0.39, 0.29) is 23.9 Å². The van der Waals surface area contributed by atoms with Crippen LogP contribution in [0, 0.1) is 0 Å². The summed E-state index contributed by atoms with van der Waals surface area (Å²) < 4.78 is 10.2. The van der Waals surface area contributed by atoms with Crippen LogP contribution in [0.15, 0.2) is 16.5 Å². The largest absolute Gasteiger partial charge is 0.463 e. The highest BCUT2D eigenvalue weighted by molar-refractivity contribution is 5.86. The van der Waals surface area contributed by atoms with Crippen LogP contribution in [0.4, 0.5) is 0 Å². The number of rotatable bonds is 5. The molecule has 2 rings (SSSR count). The summed E-state index contributed by atoms with van der Waals surface area (Å²) in [6.45, 7) is 3.53. The number of likely N-dealkylation sites (tertiary alicyclic amines) is 1. The molecule has 3 unspecified atom stereocenters. The van der Waals surface area contributed by atoms with Crippen molar-refractivity contribution in [1.29, 1.82) is 0 Å². The van der Waals surface area contributed by atoms with Crippen molar-refractivity contribution in [2.24, 2.45) is 0 Å². The normalized spacial score (nSPS) is 24.5. The van der Waals surface area contributed by atoms with Crippen LogP contribution in [0.2, 0.25) is 0 Å². The summed E-state index contributed by atoms with van der Waals surface area (Å²) >= 11 is 0. The van der Waals surface area contributed by atoms with Gasteiger partial charge in [-0.1, -0.05) is 0 Å². The Labute approximate surface area is 125 Å². The van der Waals surface area contributed by atoms with Crippen molar-refractivity contribution < 1.29 is 19.1 Å². The molecule has 1 saturated heterocycles. The standard InChI is InChI=1S/C15H24N2O4/c1-10(13-5-6-14(21-13)15(19)20-4)17-9-12(18)7-11(17)8-16(2)3/h5-6,10-12,18H,7-9H2,1-4H3. The zero-order valence-corrected chi connectivity index (χ0v) is 13.1. The van der Waals surface area contributed by atoms with Gasteiger partial charge in [0, 0.05) is 19.1 Å². The van der Waals surface area contributed by atoms with E-state index in [0.29, 0.717) is 12.3 Å². The van der Waals surface area contributed by atoms with Crippen molar-refractivity contribution in [3.8, 4) is 0 Å². The van der Waals surface area contributed by atoms with Crippen LogP contribution < -0.4 is 0 Å². The van der Waals surface area contributed by atoms with Gasteiger partial charge in [-0.05, 0) is 39.6 Å². The van der Waals surface area contributed by atoms with Gasteiger partial charge in [-0.25, -0.2) is 4.79 Å². The molecule has 1 N–H and O–H groups in total. The lowest BCUT2D eigenvalue weighted by Crippen LogP contribution is -2.39. The Morgan fingerprint density at radius 1 is 1.57 bits per heavy atom.